The molecule has 0 unspecified atom stereocenters. The summed E-state index contributed by atoms with van der Waals surface area (Å²) in [5.74, 6) is 0.259. The smallest absolute Gasteiger partial charge is 0.239 e. The van der Waals surface area contributed by atoms with Crippen LogP contribution in [0.1, 0.15) is 20.3 Å². The highest BCUT2D eigenvalue weighted by Crippen LogP contribution is 2.29. The van der Waals surface area contributed by atoms with Crippen molar-refractivity contribution >= 4 is 49.0 Å². The van der Waals surface area contributed by atoms with Crippen molar-refractivity contribution in [3.05, 3.63) is 42.9 Å². The number of thiophene rings is 1. The van der Waals surface area contributed by atoms with Crippen molar-refractivity contribution in [2.24, 2.45) is 0 Å². The topological polar surface area (TPSA) is 30.2 Å². The Bertz CT molecular complexity index is 513. The van der Waals surface area contributed by atoms with Gasteiger partial charge in [0.1, 0.15) is 0 Å². The highest BCUT2D eigenvalue weighted by molar-refractivity contribution is 9.10. The third-order valence-electron chi connectivity index (χ3n) is 1.81. The van der Waals surface area contributed by atoms with E-state index in [1.807, 2.05) is 13.0 Å². The van der Waals surface area contributed by atoms with Gasteiger partial charge in [-0.15, -0.1) is 11.3 Å². The van der Waals surface area contributed by atoms with Gasteiger partial charge in [-0.05, 0) is 57.0 Å². The Morgan fingerprint density at radius 2 is 2.13 bits per heavy atom. The molecule has 0 saturated carbocycles. The Labute approximate surface area is 108 Å². The third-order valence-corrected chi connectivity index (χ3v) is 4.18. The number of rotatable bonds is 2. The van der Waals surface area contributed by atoms with E-state index in [4.69, 9.17) is 4.42 Å². The van der Waals surface area contributed by atoms with Crippen LogP contribution in [0, 0.1) is 6.92 Å². The zero-order valence-corrected chi connectivity index (χ0v) is 11.7. The molecule has 15 heavy (non-hydrogen) atoms. The van der Waals surface area contributed by atoms with Crippen LogP contribution in [0.5, 0.6) is 0 Å². The van der Waals surface area contributed by atoms with Crippen molar-refractivity contribution in [2.75, 3.05) is 0 Å². The van der Waals surface area contributed by atoms with Crippen molar-refractivity contribution in [2.45, 2.75) is 6.92 Å². The van der Waals surface area contributed by atoms with Gasteiger partial charge < -0.3 is 4.42 Å². The maximum Gasteiger partial charge on any atom is 0.239 e. The zero-order chi connectivity index (χ0) is 11.0. The first-order valence-electron chi connectivity index (χ1n) is 4.14. The number of carbonyl (C=O) groups is 1. The predicted molar refractivity (Wildman–Crippen MR) is 66.6 cm³/mol. The first-order valence-corrected chi connectivity index (χ1v) is 6.54. The van der Waals surface area contributed by atoms with Gasteiger partial charge in [-0.2, -0.15) is 0 Å². The molecule has 0 fully saturated rings. The average Bonchev–Trinajstić information content (AvgIpc) is 2.71. The monoisotopic (exact) mass is 348 g/mol. The minimum Gasteiger partial charge on any atom is -0.446 e. The van der Waals surface area contributed by atoms with Gasteiger partial charge in [0, 0.05) is 9.35 Å². The fraction of sp³-hybridized carbons (Fsp3) is 0.100. The molecule has 0 atom stereocenters. The molecular formula is C10H6Br2O2S. The summed E-state index contributed by atoms with van der Waals surface area (Å²) < 4.78 is 6.60. The van der Waals surface area contributed by atoms with E-state index in [2.05, 4.69) is 31.9 Å². The van der Waals surface area contributed by atoms with Crippen molar-refractivity contribution in [3.8, 4) is 0 Å². The van der Waals surface area contributed by atoms with Crippen molar-refractivity contribution in [3.63, 3.8) is 0 Å². The SMILES string of the molecule is Cc1cc(Br)c(C(=O)c2ccc(Br)o2)s1. The van der Waals surface area contributed by atoms with Crippen LogP contribution >= 0.6 is 43.2 Å². The van der Waals surface area contributed by atoms with E-state index in [-0.39, 0.29) is 5.78 Å². The van der Waals surface area contributed by atoms with E-state index in [1.54, 1.807) is 12.1 Å². The summed E-state index contributed by atoms with van der Waals surface area (Å²) in [7, 11) is 0. The van der Waals surface area contributed by atoms with Gasteiger partial charge >= 0.3 is 0 Å². The van der Waals surface area contributed by atoms with Crippen molar-refractivity contribution in [1.82, 2.24) is 0 Å². The standard InChI is InChI=1S/C10H6Br2O2S/c1-5-4-6(11)10(15-5)9(13)7-2-3-8(12)14-7/h2-4H,1H3. The molecule has 0 radical (unpaired) electrons. The lowest BCUT2D eigenvalue weighted by Gasteiger charge is -1.93. The van der Waals surface area contributed by atoms with Gasteiger partial charge in [-0.3, -0.25) is 4.79 Å². The highest BCUT2D eigenvalue weighted by atomic mass is 79.9. The molecule has 0 aliphatic carbocycles. The lowest BCUT2D eigenvalue weighted by molar-refractivity contribution is 0.101. The molecule has 0 aliphatic heterocycles. The Morgan fingerprint density at radius 1 is 1.40 bits per heavy atom. The fourth-order valence-electron chi connectivity index (χ4n) is 1.19. The quantitative estimate of drug-likeness (QED) is 0.752. The molecule has 0 bridgehead atoms. The molecule has 2 heterocycles. The summed E-state index contributed by atoms with van der Waals surface area (Å²) in [6, 6.07) is 5.30. The zero-order valence-electron chi connectivity index (χ0n) is 7.71. The van der Waals surface area contributed by atoms with Crippen LogP contribution in [0.15, 0.2) is 31.8 Å². The van der Waals surface area contributed by atoms with Crippen molar-refractivity contribution in [1.29, 1.82) is 0 Å². The number of aryl methyl sites for hydroxylation is 1. The van der Waals surface area contributed by atoms with E-state index in [9.17, 15) is 4.79 Å². The molecule has 0 amide bonds. The van der Waals surface area contributed by atoms with Gasteiger partial charge in [0.25, 0.3) is 0 Å². The largest absolute Gasteiger partial charge is 0.446 e. The summed E-state index contributed by atoms with van der Waals surface area (Å²) in [6.45, 7) is 1.96. The second kappa shape index (κ2) is 4.23. The summed E-state index contributed by atoms with van der Waals surface area (Å²) in [5, 5.41) is 0. The number of furan rings is 1. The maximum absolute atomic E-state index is 12.0. The van der Waals surface area contributed by atoms with Crippen LogP contribution in [-0.4, -0.2) is 5.78 Å². The van der Waals surface area contributed by atoms with Crippen molar-refractivity contribution < 1.29 is 9.21 Å². The summed E-state index contributed by atoms with van der Waals surface area (Å²) >= 11 is 7.98. The number of halogens is 2. The third kappa shape index (κ3) is 2.24. The van der Waals surface area contributed by atoms with E-state index < -0.39 is 0 Å². The van der Waals surface area contributed by atoms with Gasteiger partial charge in [0.15, 0.2) is 10.4 Å². The van der Waals surface area contributed by atoms with E-state index in [0.29, 0.717) is 15.3 Å². The molecule has 0 aromatic carbocycles. The van der Waals surface area contributed by atoms with Crippen LogP contribution in [0.2, 0.25) is 0 Å². The molecule has 2 nitrogen and oxygen atoms in total. The van der Waals surface area contributed by atoms with Crippen LogP contribution in [0.4, 0.5) is 0 Å². The lowest BCUT2D eigenvalue weighted by atomic mass is 10.2. The number of hydrogen-bond acceptors (Lipinski definition) is 3. The van der Waals surface area contributed by atoms with E-state index >= 15 is 0 Å². The second-order valence-corrected chi connectivity index (χ2v) is 5.86. The van der Waals surface area contributed by atoms with Gasteiger partial charge in [-0.1, -0.05) is 0 Å². The molecule has 0 aliphatic rings. The van der Waals surface area contributed by atoms with Crippen LogP contribution in [0.3, 0.4) is 0 Å². The van der Waals surface area contributed by atoms with Gasteiger partial charge in [-0.25, -0.2) is 0 Å². The molecule has 5 heteroatoms. The molecule has 2 aromatic rings. The molecule has 0 saturated heterocycles. The summed E-state index contributed by atoms with van der Waals surface area (Å²) in [6.07, 6.45) is 0. The molecule has 78 valence electrons. The Hall–Kier alpha value is -0.390. The lowest BCUT2D eigenvalue weighted by Crippen LogP contribution is -1.96. The van der Waals surface area contributed by atoms with Crippen LogP contribution < -0.4 is 0 Å². The highest BCUT2D eigenvalue weighted by Gasteiger charge is 2.18. The fourth-order valence-corrected chi connectivity index (χ4v) is 3.26. The number of hydrogen-bond donors (Lipinski definition) is 0. The predicted octanol–water partition coefficient (Wildman–Crippen LogP) is 4.41. The Kier molecular flexibility index (Phi) is 3.13. The summed E-state index contributed by atoms with van der Waals surface area (Å²) in [5.41, 5.74) is 0. The van der Waals surface area contributed by atoms with Crippen LogP contribution in [0.25, 0.3) is 0 Å². The van der Waals surface area contributed by atoms with E-state index in [1.165, 1.54) is 11.3 Å². The average molecular weight is 350 g/mol. The first-order chi connectivity index (χ1) is 7.08. The van der Waals surface area contributed by atoms with Gasteiger partial charge in [0.05, 0.1) is 4.88 Å². The summed E-state index contributed by atoms with van der Waals surface area (Å²) in [4.78, 5) is 13.7. The van der Waals surface area contributed by atoms with Gasteiger partial charge in [0.2, 0.25) is 5.78 Å². The molecular weight excluding hydrogens is 344 g/mol. The Morgan fingerprint density at radius 3 is 2.60 bits per heavy atom. The minimum absolute atomic E-state index is 0.0920. The minimum atomic E-state index is -0.0920. The molecule has 2 aromatic heterocycles. The maximum atomic E-state index is 12.0. The molecule has 0 N–H and O–H groups in total. The Balaban J connectivity index is 2.40. The number of carbonyl (C=O) groups excluding carboxylic acids is 1. The molecule has 0 spiro atoms. The second-order valence-electron chi connectivity index (χ2n) is 2.97. The van der Waals surface area contributed by atoms with E-state index in [0.717, 1.165) is 9.35 Å². The van der Waals surface area contributed by atoms with Crippen LogP contribution in [-0.2, 0) is 0 Å². The number of ketones is 1. The first kappa shape index (κ1) is 11.1. The molecule has 2 rings (SSSR count). The normalized spacial score (nSPS) is 10.6.